The summed E-state index contributed by atoms with van der Waals surface area (Å²) in [5.41, 5.74) is 3.54. The van der Waals surface area contributed by atoms with Gasteiger partial charge in [0.15, 0.2) is 0 Å². The van der Waals surface area contributed by atoms with E-state index in [1.807, 2.05) is 0 Å². The molecule has 2 heterocycles. The van der Waals surface area contributed by atoms with Crippen molar-refractivity contribution >= 4 is 17.4 Å². The van der Waals surface area contributed by atoms with Gasteiger partial charge in [-0.25, -0.2) is 4.98 Å². The first-order valence-electron chi connectivity index (χ1n) is 7.23. The Morgan fingerprint density at radius 2 is 2.00 bits per heavy atom. The zero-order valence-corrected chi connectivity index (χ0v) is 13.5. The minimum absolute atomic E-state index is 0.534. The Bertz CT molecular complexity index is 458. The highest BCUT2D eigenvalue weighted by Crippen LogP contribution is 2.33. The van der Waals surface area contributed by atoms with Crippen LogP contribution in [0.25, 0.3) is 0 Å². The van der Waals surface area contributed by atoms with Crippen LogP contribution in [0.2, 0.25) is 0 Å². The number of pyridine rings is 1. The second-order valence-corrected chi connectivity index (χ2v) is 6.49. The van der Waals surface area contributed by atoms with Crippen LogP contribution in [0.5, 0.6) is 0 Å². The summed E-state index contributed by atoms with van der Waals surface area (Å²) < 4.78 is 0. The van der Waals surface area contributed by atoms with E-state index in [1.54, 1.807) is 0 Å². The summed E-state index contributed by atoms with van der Waals surface area (Å²) in [5, 5.41) is 0. The topological polar surface area (TPSA) is 16.1 Å². The lowest BCUT2D eigenvalue weighted by molar-refractivity contribution is 0.295. The lowest BCUT2D eigenvalue weighted by Gasteiger charge is -2.42. The molecule has 0 saturated carbocycles. The van der Waals surface area contributed by atoms with Crippen LogP contribution in [-0.2, 0) is 5.88 Å². The Balaban J connectivity index is 2.44. The Hall–Kier alpha value is -0.760. The van der Waals surface area contributed by atoms with E-state index in [0.717, 1.165) is 24.0 Å². The predicted molar refractivity (Wildman–Crippen MR) is 83.0 cm³/mol. The van der Waals surface area contributed by atoms with Crippen molar-refractivity contribution in [2.75, 3.05) is 11.4 Å². The van der Waals surface area contributed by atoms with Crippen LogP contribution in [0.4, 0.5) is 5.82 Å². The summed E-state index contributed by atoms with van der Waals surface area (Å²) in [6.45, 7) is 12.3. The highest BCUT2D eigenvalue weighted by molar-refractivity contribution is 6.17. The van der Waals surface area contributed by atoms with E-state index >= 15 is 0 Å². The van der Waals surface area contributed by atoms with E-state index < -0.39 is 0 Å². The van der Waals surface area contributed by atoms with Crippen LogP contribution < -0.4 is 4.90 Å². The van der Waals surface area contributed by atoms with E-state index in [-0.39, 0.29) is 0 Å². The highest BCUT2D eigenvalue weighted by Gasteiger charge is 2.31. The molecule has 19 heavy (non-hydrogen) atoms. The fraction of sp³-hybridized carbons (Fsp3) is 0.688. The minimum atomic E-state index is 0.534. The molecule has 1 aromatic rings. The molecule has 0 N–H and O–H groups in total. The molecule has 1 fully saturated rings. The first kappa shape index (κ1) is 14.6. The van der Waals surface area contributed by atoms with Crippen molar-refractivity contribution in [3.63, 3.8) is 0 Å². The van der Waals surface area contributed by atoms with Crippen LogP contribution >= 0.6 is 11.6 Å². The van der Waals surface area contributed by atoms with Crippen LogP contribution in [0.3, 0.4) is 0 Å². The summed E-state index contributed by atoms with van der Waals surface area (Å²) in [7, 11) is 0. The maximum Gasteiger partial charge on any atom is 0.133 e. The molecule has 0 aliphatic carbocycles. The van der Waals surface area contributed by atoms with E-state index in [2.05, 4.69) is 45.6 Å². The molecule has 2 nitrogen and oxygen atoms in total. The molecule has 1 saturated heterocycles. The van der Waals surface area contributed by atoms with E-state index in [0.29, 0.717) is 17.8 Å². The van der Waals surface area contributed by atoms with Crippen LogP contribution in [0.15, 0.2) is 6.07 Å². The number of nitrogens with zero attached hydrogens (tertiary/aromatic N) is 2. The quantitative estimate of drug-likeness (QED) is 0.751. The lowest BCUT2D eigenvalue weighted by Crippen LogP contribution is -2.46. The molecule has 1 aliphatic heterocycles. The van der Waals surface area contributed by atoms with Crippen molar-refractivity contribution in [1.82, 2.24) is 4.98 Å². The fourth-order valence-corrected chi connectivity index (χ4v) is 3.57. The Morgan fingerprint density at radius 1 is 1.32 bits per heavy atom. The third kappa shape index (κ3) is 2.89. The summed E-state index contributed by atoms with van der Waals surface area (Å²) >= 11 is 6.16. The molecule has 106 valence electrons. The Morgan fingerprint density at radius 3 is 2.63 bits per heavy atom. The molecule has 0 amide bonds. The number of hydrogen-bond acceptors (Lipinski definition) is 2. The number of anilines is 1. The number of hydrogen-bond donors (Lipinski definition) is 0. The first-order chi connectivity index (χ1) is 8.93. The summed E-state index contributed by atoms with van der Waals surface area (Å²) in [6, 6.07) is 2.66. The normalized spacial score (nSPS) is 27.7. The molecule has 2 rings (SSSR count). The molecule has 0 aromatic carbocycles. The van der Waals surface area contributed by atoms with Crippen molar-refractivity contribution in [1.29, 1.82) is 0 Å². The van der Waals surface area contributed by atoms with Crippen molar-refractivity contribution in [2.24, 2.45) is 11.8 Å². The lowest BCUT2D eigenvalue weighted by atomic mass is 9.85. The van der Waals surface area contributed by atoms with Gasteiger partial charge < -0.3 is 4.90 Å². The SMILES string of the molecule is Cc1cc(C)c(CCl)c(N2CC(C)CC(C)C2C)n1. The van der Waals surface area contributed by atoms with E-state index in [1.165, 1.54) is 17.5 Å². The zero-order chi connectivity index (χ0) is 14.2. The van der Waals surface area contributed by atoms with Gasteiger partial charge in [-0.1, -0.05) is 13.8 Å². The molecule has 3 atom stereocenters. The number of aromatic nitrogens is 1. The summed E-state index contributed by atoms with van der Waals surface area (Å²) in [6.07, 6.45) is 1.30. The average Bonchev–Trinajstić information content (AvgIpc) is 2.33. The van der Waals surface area contributed by atoms with Crippen LogP contribution in [-0.4, -0.2) is 17.6 Å². The van der Waals surface area contributed by atoms with E-state index in [4.69, 9.17) is 16.6 Å². The number of piperidine rings is 1. The van der Waals surface area contributed by atoms with Gasteiger partial charge in [-0.15, -0.1) is 11.6 Å². The summed E-state index contributed by atoms with van der Waals surface area (Å²) in [5.74, 6) is 3.07. The Kier molecular flexibility index (Phi) is 4.39. The number of rotatable bonds is 2. The van der Waals surface area contributed by atoms with Crippen molar-refractivity contribution in [3.05, 3.63) is 22.9 Å². The fourth-order valence-electron chi connectivity index (χ4n) is 3.24. The predicted octanol–water partition coefficient (Wildman–Crippen LogP) is 4.31. The minimum Gasteiger partial charge on any atom is -0.353 e. The van der Waals surface area contributed by atoms with Gasteiger partial charge in [0, 0.05) is 23.8 Å². The number of halogens is 1. The van der Waals surface area contributed by atoms with Crippen molar-refractivity contribution in [3.8, 4) is 0 Å². The van der Waals surface area contributed by atoms with Gasteiger partial charge in [0.25, 0.3) is 0 Å². The van der Waals surface area contributed by atoms with Gasteiger partial charge in [-0.3, -0.25) is 0 Å². The average molecular weight is 281 g/mol. The maximum atomic E-state index is 6.16. The van der Waals surface area contributed by atoms with Gasteiger partial charge in [0.2, 0.25) is 0 Å². The van der Waals surface area contributed by atoms with Crippen molar-refractivity contribution < 1.29 is 0 Å². The van der Waals surface area contributed by atoms with E-state index in [9.17, 15) is 0 Å². The monoisotopic (exact) mass is 280 g/mol. The van der Waals surface area contributed by atoms with Crippen molar-refractivity contribution in [2.45, 2.75) is 53.0 Å². The molecule has 1 aromatic heterocycles. The number of aryl methyl sites for hydroxylation is 2. The molecule has 1 aliphatic rings. The van der Waals surface area contributed by atoms with Crippen LogP contribution in [0.1, 0.15) is 44.0 Å². The van der Waals surface area contributed by atoms with Crippen LogP contribution in [0, 0.1) is 25.7 Å². The highest BCUT2D eigenvalue weighted by atomic mass is 35.5. The molecule has 0 spiro atoms. The largest absolute Gasteiger partial charge is 0.353 e. The molecular weight excluding hydrogens is 256 g/mol. The summed E-state index contributed by atoms with van der Waals surface area (Å²) in [4.78, 5) is 7.26. The van der Waals surface area contributed by atoms with Gasteiger partial charge in [0.05, 0.1) is 5.88 Å². The maximum absolute atomic E-state index is 6.16. The smallest absolute Gasteiger partial charge is 0.133 e. The third-order valence-corrected chi connectivity index (χ3v) is 4.72. The second kappa shape index (κ2) is 5.70. The first-order valence-corrected chi connectivity index (χ1v) is 7.77. The second-order valence-electron chi connectivity index (χ2n) is 6.23. The van der Waals surface area contributed by atoms with Gasteiger partial charge in [0.1, 0.15) is 5.82 Å². The molecule has 0 radical (unpaired) electrons. The van der Waals surface area contributed by atoms with Gasteiger partial charge in [-0.2, -0.15) is 0 Å². The Labute approximate surface area is 122 Å². The molecular formula is C16H25ClN2. The van der Waals surface area contributed by atoms with Gasteiger partial charge >= 0.3 is 0 Å². The van der Waals surface area contributed by atoms with Gasteiger partial charge in [-0.05, 0) is 50.7 Å². The number of alkyl halides is 1. The molecule has 3 heteroatoms. The molecule has 3 unspecified atom stereocenters. The standard InChI is InChI=1S/C16H25ClN2/c1-10-6-11(2)14(5)19(9-10)16-15(8-17)12(3)7-13(4)18-16/h7,10-11,14H,6,8-9H2,1-5H3. The molecule has 0 bridgehead atoms. The third-order valence-electron chi connectivity index (χ3n) is 4.46. The zero-order valence-electron chi connectivity index (χ0n) is 12.7.